The molecule has 202 valence electrons. The molecule has 2 aromatic heterocycles. The summed E-state index contributed by atoms with van der Waals surface area (Å²) in [6.45, 7) is 7.37. The number of ether oxygens (including phenoxy) is 1. The maximum atomic E-state index is 13.6. The van der Waals surface area contributed by atoms with E-state index in [9.17, 15) is 14.4 Å². The number of rotatable bonds is 5. The summed E-state index contributed by atoms with van der Waals surface area (Å²) in [5.74, 6) is -0.362. The quantitative estimate of drug-likeness (QED) is 0.458. The van der Waals surface area contributed by atoms with Crippen molar-refractivity contribution in [3.63, 3.8) is 0 Å². The Morgan fingerprint density at radius 3 is 2.71 bits per heavy atom. The molecule has 3 amide bonds. The van der Waals surface area contributed by atoms with E-state index >= 15 is 0 Å². The van der Waals surface area contributed by atoms with Crippen molar-refractivity contribution in [1.29, 1.82) is 0 Å². The number of amides is 3. The van der Waals surface area contributed by atoms with Crippen LogP contribution in [0.25, 0.3) is 21.8 Å². The van der Waals surface area contributed by atoms with E-state index in [0.29, 0.717) is 43.2 Å². The first kappa shape index (κ1) is 26.4. The first-order valence-electron chi connectivity index (χ1n) is 12.9. The number of hydrogen-bond donors (Lipinski definition) is 3. The first-order chi connectivity index (χ1) is 18.1. The van der Waals surface area contributed by atoms with E-state index in [0.717, 1.165) is 21.8 Å². The Bertz CT molecular complexity index is 1380. The molecular weight excluding hydrogens is 508 g/mol. The van der Waals surface area contributed by atoms with Gasteiger partial charge in [-0.05, 0) is 44.9 Å². The number of carbonyl (C=O) groups is 3. The van der Waals surface area contributed by atoms with Gasteiger partial charge in [0.2, 0.25) is 17.7 Å². The maximum Gasteiger partial charge on any atom is 0.244 e. The van der Waals surface area contributed by atoms with Crippen LogP contribution in [0, 0.1) is 0 Å². The van der Waals surface area contributed by atoms with E-state index in [2.05, 4.69) is 20.6 Å². The number of morpholine rings is 1. The second kappa shape index (κ2) is 10.5. The minimum atomic E-state index is -0.659. The molecule has 0 spiro atoms. The summed E-state index contributed by atoms with van der Waals surface area (Å²) in [5.41, 5.74) is 1.65. The summed E-state index contributed by atoms with van der Waals surface area (Å²) in [6, 6.07) is 4.82. The SMILES string of the molecule is CC(=O)N1CCC(NC(=O)CN2CC(C)(C)OC[C@H]2C(=O)Nc2cc(Cl)cc3c2[nH]c2cnccc23)CC1. The van der Waals surface area contributed by atoms with Gasteiger partial charge in [0.25, 0.3) is 0 Å². The first-order valence-corrected chi connectivity index (χ1v) is 13.3. The Hall–Kier alpha value is -3.21. The van der Waals surface area contributed by atoms with Crippen molar-refractivity contribution in [3.8, 4) is 0 Å². The topological polar surface area (TPSA) is 120 Å². The van der Waals surface area contributed by atoms with Crippen LogP contribution in [0.4, 0.5) is 5.69 Å². The number of benzene rings is 1. The summed E-state index contributed by atoms with van der Waals surface area (Å²) in [5, 5.41) is 8.45. The normalized spacial score (nSPS) is 20.5. The Kier molecular flexibility index (Phi) is 7.30. The Labute approximate surface area is 226 Å². The van der Waals surface area contributed by atoms with Crippen LogP contribution in [0.5, 0.6) is 0 Å². The smallest absolute Gasteiger partial charge is 0.244 e. The number of hydrogen-bond acceptors (Lipinski definition) is 6. The summed E-state index contributed by atoms with van der Waals surface area (Å²) < 4.78 is 5.98. The zero-order valence-electron chi connectivity index (χ0n) is 21.8. The van der Waals surface area contributed by atoms with Gasteiger partial charge in [-0.25, -0.2) is 0 Å². The number of halogens is 1. The lowest BCUT2D eigenvalue weighted by atomic mass is 10.0. The second-order valence-electron chi connectivity index (χ2n) is 10.8. The highest BCUT2D eigenvalue weighted by atomic mass is 35.5. The Morgan fingerprint density at radius 2 is 1.97 bits per heavy atom. The third-order valence-corrected chi connectivity index (χ3v) is 7.56. The molecule has 0 aliphatic carbocycles. The van der Waals surface area contributed by atoms with Crippen LogP contribution in [0.15, 0.2) is 30.6 Å². The molecule has 0 unspecified atom stereocenters. The highest BCUT2D eigenvalue weighted by Gasteiger charge is 2.39. The molecule has 1 aromatic carbocycles. The third kappa shape index (κ3) is 5.62. The number of piperidine rings is 1. The summed E-state index contributed by atoms with van der Waals surface area (Å²) in [6.07, 6.45) is 4.88. The fourth-order valence-electron chi connectivity index (χ4n) is 5.39. The Morgan fingerprint density at radius 1 is 1.21 bits per heavy atom. The molecule has 0 bridgehead atoms. The zero-order chi connectivity index (χ0) is 27.0. The molecule has 1 atom stereocenters. The molecule has 5 rings (SSSR count). The van der Waals surface area contributed by atoms with Gasteiger partial charge in [-0.1, -0.05) is 11.6 Å². The van der Waals surface area contributed by atoms with E-state index in [1.807, 2.05) is 30.9 Å². The van der Waals surface area contributed by atoms with Gasteiger partial charge in [-0.15, -0.1) is 0 Å². The lowest BCUT2D eigenvalue weighted by Crippen LogP contribution is -2.60. The molecule has 10 nitrogen and oxygen atoms in total. The molecule has 3 aromatic rings. The summed E-state index contributed by atoms with van der Waals surface area (Å²) in [4.78, 5) is 49.3. The predicted octanol–water partition coefficient (Wildman–Crippen LogP) is 2.91. The van der Waals surface area contributed by atoms with Crippen LogP contribution < -0.4 is 10.6 Å². The van der Waals surface area contributed by atoms with Crippen LogP contribution in [-0.2, 0) is 19.1 Å². The maximum absolute atomic E-state index is 13.6. The van der Waals surface area contributed by atoms with Crippen LogP contribution >= 0.6 is 11.6 Å². The Balaban J connectivity index is 1.30. The van der Waals surface area contributed by atoms with Crippen LogP contribution in [0.1, 0.15) is 33.6 Å². The molecule has 2 aliphatic rings. The molecule has 38 heavy (non-hydrogen) atoms. The van der Waals surface area contributed by atoms with Gasteiger partial charge in [0.15, 0.2) is 0 Å². The largest absolute Gasteiger partial charge is 0.372 e. The van der Waals surface area contributed by atoms with Crippen molar-refractivity contribution in [1.82, 2.24) is 25.1 Å². The van der Waals surface area contributed by atoms with Crippen molar-refractivity contribution in [3.05, 3.63) is 35.6 Å². The van der Waals surface area contributed by atoms with Crippen molar-refractivity contribution < 1.29 is 19.1 Å². The van der Waals surface area contributed by atoms with Crippen molar-refractivity contribution in [2.45, 2.75) is 51.3 Å². The molecule has 3 N–H and O–H groups in total. The van der Waals surface area contributed by atoms with Gasteiger partial charge in [0.1, 0.15) is 6.04 Å². The van der Waals surface area contributed by atoms with Gasteiger partial charge < -0.3 is 25.3 Å². The average molecular weight is 541 g/mol. The highest BCUT2D eigenvalue weighted by molar-refractivity contribution is 6.33. The van der Waals surface area contributed by atoms with E-state index in [1.165, 1.54) is 0 Å². The molecule has 4 heterocycles. The number of nitrogens with zero attached hydrogens (tertiary/aromatic N) is 3. The van der Waals surface area contributed by atoms with Gasteiger partial charge >= 0.3 is 0 Å². The second-order valence-corrected chi connectivity index (χ2v) is 11.2. The molecular formula is C27H33ClN6O4. The standard InChI is InChI=1S/C27H33ClN6O4/c1-16(35)33-8-5-18(6-9-33)30-24(36)13-34-15-27(2,3)38-14-23(34)26(37)32-21-11-17(28)10-20-19-4-7-29-12-22(19)31-25(20)21/h4,7,10-12,18,23,31H,5-6,8-9,13-15H2,1-3H3,(H,30,36)(H,32,37)/t23-/m0/s1. The molecule has 2 saturated heterocycles. The lowest BCUT2D eigenvalue weighted by Gasteiger charge is -2.42. The minimum absolute atomic E-state index is 0.00988. The fourth-order valence-corrected chi connectivity index (χ4v) is 5.61. The van der Waals surface area contributed by atoms with E-state index < -0.39 is 11.6 Å². The van der Waals surface area contributed by atoms with Crippen molar-refractivity contribution >= 4 is 56.8 Å². The molecule has 0 saturated carbocycles. The van der Waals surface area contributed by atoms with Crippen molar-refractivity contribution in [2.24, 2.45) is 0 Å². The number of fused-ring (bicyclic) bond motifs is 3. The molecule has 2 fully saturated rings. The lowest BCUT2D eigenvalue weighted by molar-refractivity contribution is -0.147. The zero-order valence-corrected chi connectivity index (χ0v) is 22.6. The van der Waals surface area contributed by atoms with E-state index in [4.69, 9.17) is 16.3 Å². The number of aromatic nitrogens is 2. The van der Waals surface area contributed by atoms with Crippen LogP contribution in [0.2, 0.25) is 5.02 Å². The molecule has 11 heteroatoms. The molecule has 2 aliphatic heterocycles. The molecule has 0 radical (unpaired) electrons. The van der Waals surface area contributed by atoms with E-state index in [1.54, 1.807) is 30.3 Å². The van der Waals surface area contributed by atoms with E-state index in [-0.39, 0.29) is 36.9 Å². The number of pyridine rings is 1. The average Bonchev–Trinajstić information content (AvgIpc) is 3.22. The van der Waals surface area contributed by atoms with Gasteiger partial charge in [-0.2, -0.15) is 0 Å². The minimum Gasteiger partial charge on any atom is -0.372 e. The number of anilines is 1. The van der Waals surface area contributed by atoms with Gasteiger partial charge in [0, 0.05) is 54.6 Å². The number of H-pyrrole nitrogens is 1. The van der Waals surface area contributed by atoms with Crippen LogP contribution in [-0.4, -0.2) is 88.0 Å². The van der Waals surface area contributed by atoms with Gasteiger partial charge in [-0.3, -0.25) is 24.3 Å². The predicted molar refractivity (Wildman–Crippen MR) is 146 cm³/mol. The summed E-state index contributed by atoms with van der Waals surface area (Å²) >= 11 is 6.41. The number of carbonyl (C=O) groups excluding carboxylic acids is 3. The third-order valence-electron chi connectivity index (χ3n) is 7.34. The number of nitrogens with one attached hydrogen (secondary N) is 3. The van der Waals surface area contributed by atoms with Crippen LogP contribution in [0.3, 0.4) is 0 Å². The highest BCUT2D eigenvalue weighted by Crippen LogP contribution is 2.33. The van der Waals surface area contributed by atoms with Crippen molar-refractivity contribution in [2.75, 3.05) is 38.1 Å². The number of aromatic amines is 1. The number of likely N-dealkylation sites (tertiary alicyclic amines) is 1. The summed E-state index contributed by atoms with van der Waals surface area (Å²) in [7, 11) is 0. The monoisotopic (exact) mass is 540 g/mol. The fraction of sp³-hybridized carbons (Fsp3) is 0.481. The van der Waals surface area contributed by atoms with Gasteiger partial charge in [0.05, 0.1) is 41.7 Å².